The normalized spacial score (nSPS) is 21.6. The minimum Gasteiger partial charge on any atom is -0.398 e. The predicted octanol–water partition coefficient (Wildman–Crippen LogP) is 3.23. The second kappa shape index (κ2) is 9.07. The largest absolute Gasteiger partial charge is 0.398 e. The van der Waals surface area contributed by atoms with E-state index in [1.54, 1.807) is 18.3 Å². The van der Waals surface area contributed by atoms with Crippen molar-refractivity contribution < 1.29 is 13.9 Å². The Hall–Kier alpha value is -2.03. The van der Waals surface area contributed by atoms with Gasteiger partial charge in [0, 0.05) is 43.5 Å². The van der Waals surface area contributed by atoms with Gasteiger partial charge in [-0.3, -0.25) is 0 Å². The molecule has 0 amide bonds. The molecule has 2 atom stereocenters. The van der Waals surface area contributed by atoms with E-state index < -0.39 is 6.10 Å². The van der Waals surface area contributed by atoms with Crippen LogP contribution in [0, 0.1) is 23.6 Å². The van der Waals surface area contributed by atoms with E-state index in [0.717, 1.165) is 37.9 Å². The van der Waals surface area contributed by atoms with Gasteiger partial charge in [-0.05, 0) is 50.3 Å². The third-order valence-electron chi connectivity index (χ3n) is 4.70. The molecule has 0 aromatic heterocycles. The minimum atomic E-state index is -0.655. The monoisotopic (exact) mass is 358 g/mol. The molecule has 3 rings (SSSR count). The Morgan fingerprint density at radius 2 is 2.27 bits per heavy atom. The molecule has 1 aromatic carbocycles. The average Bonchev–Trinajstić information content (AvgIpc) is 3.48. The van der Waals surface area contributed by atoms with Gasteiger partial charge in [0.05, 0.1) is 11.8 Å². The fraction of sp³-hybridized carbons (Fsp3) is 0.524. The molecule has 3 N–H and O–H groups in total. The van der Waals surface area contributed by atoms with Crippen molar-refractivity contribution in [2.75, 3.05) is 20.3 Å². The standard InChI is InChI=1S/C21H27FN2O2/c1-25-21(20(23)14-24-13-17-4-2-3-11-26-17)18-12-16(9-10-19(18)22)8-7-15-5-6-15/h9-10,12,14-15,17,21,24H,2-6,11,13,23H2,1H3/b20-14-. The summed E-state index contributed by atoms with van der Waals surface area (Å²) in [5.41, 5.74) is 7.77. The van der Waals surface area contributed by atoms with Crippen LogP contribution in [-0.4, -0.2) is 26.4 Å². The lowest BCUT2D eigenvalue weighted by Crippen LogP contribution is -2.30. The molecule has 1 heterocycles. The highest BCUT2D eigenvalue weighted by Crippen LogP contribution is 2.28. The van der Waals surface area contributed by atoms with Crippen LogP contribution in [0.3, 0.4) is 0 Å². The van der Waals surface area contributed by atoms with E-state index in [-0.39, 0.29) is 11.9 Å². The van der Waals surface area contributed by atoms with Gasteiger partial charge in [0.15, 0.2) is 0 Å². The molecule has 1 aromatic rings. The summed E-state index contributed by atoms with van der Waals surface area (Å²) in [5.74, 6) is 6.46. The Kier molecular flexibility index (Phi) is 6.54. The van der Waals surface area contributed by atoms with E-state index in [0.29, 0.717) is 23.7 Å². The smallest absolute Gasteiger partial charge is 0.129 e. The van der Waals surface area contributed by atoms with Crippen LogP contribution in [0.5, 0.6) is 0 Å². The zero-order chi connectivity index (χ0) is 18.4. The van der Waals surface area contributed by atoms with Gasteiger partial charge in [0.25, 0.3) is 0 Å². The predicted molar refractivity (Wildman–Crippen MR) is 99.6 cm³/mol. The van der Waals surface area contributed by atoms with Crippen molar-refractivity contribution in [1.82, 2.24) is 5.32 Å². The van der Waals surface area contributed by atoms with E-state index in [4.69, 9.17) is 15.2 Å². The van der Waals surface area contributed by atoms with Gasteiger partial charge in [-0.25, -0.2) is 4.39 Å². The van der Waals surface area contributed by atoms with E-state index >= 15 is 0 Å². The second-order valence-electron chi connectivity index (χ2n) is 6.94. The average molecular weight is 358 g/mol. The lowest BCUT2D eigenvalue weighted by atomic mass is 10.0. The molecule has 4 nitrogen and oxygen atoms in total. The maximum absolute atomic E-state index is 14.3. The number of rotatable bonds is 6. The summed E-state index contributed by atoms with van der Waals surface area (Å²) in [6.45, 7) is 1.50. The van der Waals surface area contributed by atoms with Crippen LogP contribution in [-0.2, 0) is 9.47 Å². The summed E-state index contributed by atoms with van der Waals surface area (Å²) in [5, 5.41) is 3.18. The Morgan fingerprint density at radius 1 is 1.42 bits per heavy atom. The van der Waals surface area contributed by atoms with Gasteiger partial charge >= 0.3 is 0 Å². The lowest BCUT2D eigenvalue weighted by molar-refractivity contribution is 0.0187. The van der Waals surface area contributed by atoms with Crippen molar-refractivity contribution in [3.05, 3.63) is 47.0 Å². The highest BCUT2D eigenvalue weighted by Gasteiger charge is 2.20. The maximum atomic E-state index is 14.3. The number of ether oxygens (including phenoxy) is 2. The molecule has 1 aliphatic carbocycles. The second-order valence-corrected chi connectivity index (χ2v) is 6.94. The van der Waals surface area contributed by atoms with Gasteiger partial charge in [-0.1, -0.05) is 11.8 Å². The van der Waals surface area contributed by atoms with Crippen molar-refractivity contribution in [3.8, 4) is 11.8 Å². The Balaban J connectivity index is 1.67. The van der Waals surface area contributed by atoms with E-state index in [9.17, 15) is 4.39 Å². The molecular weight excluding hydrogens is 331 g/mol. The minimum absolute atomic E-state index is 0.201. The molecule has 2 unspecified atom stereocenters. The van der Waals surface area contributed by atoms with Gasteiger partial charge in [-0.15, -0.1) is 0 Å². The van der Waals surface area contributed by atoms with Gasteiger partial charge < -0.3 is 20.5 Å². The van der Waals surface area contributed by atoms with E-state index in [1.165, 1.54) is 19.6 Å². The molecule has 5 heteroatoms. The molecule has 26 heavy (non-hydrogen) atoms. The van der Waals surface area contributed by atoms with Crippen molar-refractivity contribution in [2.24, 2.45) is 11.7 Å². The van der Waals surface area contributed by atoms with Crippen LogP contribution < -0.4 is 11.1 Å². The number of nitrogens with one attached hydrogen (secondary N) is 1. The van der Waals surface area contributed by atoms with Crippen LogP contribution in [0.2, 0.25) is 0 Å². The van der Waals surface area contributed by atoms with Gasteiger partial charge in [0.1, 0.15) is 11.9 Å². The topological polar surface area (TPSA) is 56.5 Å². The summed E-state index contributed by atoms with van der Waals surface area (Å²) in [6.07, 6.45) is 6.91. The Morgan fingerprint density at radius 3 is 2.96 bits per heavy atom. The van der Waals surface area contributed by atoms with Crippen molar-refractivity contribution in [3.63, 3.8) is 0 Å². The van der Waals surface area contributed by atoms with Crippen LogP contribution in [0.15, 0.2) is 30.1 Å². The summed E-state index contributed by atoms with van der Waals surface area (Å²) < 4.78 is 25.5. The number of nitrogens with two attached hydrogens (primary N) is 1. The first-order valence-electron chi connectivity index (χ1n) is 9.31. The number of hydrogen-bond donors (Lipinski definition) is 2. The molecule has 140 valence electrons. The zero-order valence-corrected chi connectivity index (χ0v) is 15.3. The molecule has 2 aliphatic rings. The highest BCUT2D eigenvalue weighted by molar-refractivity contribution is 5.41. The fourth-order valence-electron chi connectivity index (χ4n) is 3.03. The van der Waals surface area contributed by atoms with Crippen LogP contribution in [0.1, 0.15) is 49.3 Å². The first kappa shape index (κ1) is 18.8. The molecular formula is C21H27FN2O2. The van der Waals surface area contributed by atoms with Crippen LogP contribution >= 0.6 is 0 Å². The third-order valence-corrected chi connectivity index (χ3v) is 4.70. The highest BCUT2D eigenvalue weighted by atomic mass is 19.1. The summed E-state index contributed by atoms with van der Waals surface area (Å²) in [4.78, 5) is 0. The molecule has 1 saturated heterocycles. The summed E-state index contributed by atoms with van der Waals surface area (Å²) >= 11 is 0. The van der Waals surface area contributed by atoms with E-state index in [1.807, 2.05) is 0 Å². The van der Waals surface area contributed by atoms with Crippen molar-refractivity contribution in [2.45, 2.75) is 44.3 Å². The third kappa shape index (κ3) is 5.23. The summed E-state index contributed by atoms with van der Waals surface area (Å²) in [7, 11) is 1.53. The van der Waals surface area contributed by atoms with Crippen molar-refractivity contribution >= 4 is 0 Å². The molecule has 0 radical (unpaired) electrons. The quantitative estimate of drug-likeness (QED) is 0.767. The Labute approximate surface area is 154 Å². The Bertz CT molecular complexity index is 698. The lowest BCUT2D eigenvalue weighted by Gasteiger charge is -2.23. The zero-order valence-electron chi connectivity index (χ0n) is 15.3. The summed E-state index contributed by atoms with van der Waals surface area (Å²) in [6, 6.07) is 4.85. The SMILES string of the molecule is COC(/C(N)=C/NCC1CCCCO1)c1cc(C#CC2CC2)ccc1F. The van der Waals surface area contributed by atoms with Crippen LogP contribution in [0.25, 0.3) is 0 Å². The number of methoxy groups -OCH3 is 1. The van der Waals surface area contributed by atoms with Gasteiger partial charge in [-0.2, -0.15) is 0 Å². The molecule has 1 saturated carbocycles. The van der Waals surface area contributed by atoms with E-state index in [2.05, 4.69) is 17.2 Å². The maximum Gasteiger partial charge on any atom is 0.129 e. The number of halogens is 1. The van der Waals surface area contributed by atoms with Gasteiger partial charge in [0.2, 0.25) is 0 Å². The first-order chi connectivity index (χ1) is 12.7. The number of hydrogen-bond acceptors (Lipinski definition) is 4. The molecule has 2 fully saturated rings. The molecule has 1 aliphatic heterocycles. The fourth-order valence-corrected chi connectivity index (χ4v) is 3.03. The van der Waals surface area contributed by atoms with Crippen LogP contribution in [0.4, 0.5) is 4.39 Å². The molecule has 0 spiro atoms. The molecule has 0 bridgehead atoms. The van der Waals surface area contributed by atoms with Crippen molar-refractivity contribution in [1.29, 1.82) is 0 Å². The number of benzene rings is 1. The first-order valence-corrected chi connectivity index (χ1v) is 9.31.